The summed E-state index contributed by atoms with van der Waals surface area (Å²) in [6, 6.07) is 17.8. The maximum absolute atomic E-state index is 12.2. The molecule has 2 rings (SSSR count). The third-order valence-electron chi connectivity index (χ3n) is 4.36. The highest BCUT2D eigenvalue weighted by Gasteiger charge is 2.05. The molecule has 0 aromatic heterocycles. The number of carboxylic acids is 1. The van der Waals surface area contributed by atoms with Gasteiger partial charge in [0.1, 0.15) is 0 Å². The van der Waals surface area contributed by atoms with E-state index in [0.717, 1.165) is 36.1 Å². The highest BCUT2D eigenvalue weighted by Crippen LogP contribution is 2.22. The Morgan fingerprint density at radius 3 is 2.37 bits per heavy atom. The van der Waals surface area contributed by atoms with Gasteiger partial charge in [0.25, 0.3) is 0 Å². The number of benzene rings is 2. The van der Waals surface area contributed by atoms with Gasteiger partial charge in [-0.2, -0.15) is 0 Å². The summed E-state index contributed by atoms with van der Waals surface area (Å²) in [6.45, 7) is 0.573. The van der Waals surface area contributed by atoms with Crippen molar-refractivity contribution >= 4 is 35.2 Å². The van der Waals surface area contributed by atoms with E-state index in [1.807, 2.05) is 54.6 Å². The Hall–Kier alpha value is -2.80. The molecule has 0 bridgehead atoms. The van der Waals surface area contributed by atoms with Gasteiger partial charge in [-0.1, -0.05) is 48.9 Å². The molecule has 0 aliphatic heterocycles. The highest BCUT2D eigenvalue weighted by molar-refractivity contribution is 7.99. The van der Waals surface area contributed by atoms with E-state index in [1.165, 1.54) is 11.8 Å². The lowest BCUT2D eigenvalue weighted by atomic mass is 10.1. The Kier molecular flexibility index (Phi) is 10.5. The second-order valence-electron chi connectivity index (χ2n) is 6.85. The Morgan fingerprint density at radius 1 is 0.833 bits per heavy atom. The van der Waals surface area contributed by atoms with Crippen LogP contribution in [0.2, 0.25) is 0 Å². The maximum Gasteiger partial charge on any atom is 0.313 e. The standard InChI is InChI=1S/C23H28N2O4S/c26-21(13-15-30-17-23(28)29)24-14-6-2-5-12-22(27)25-20-11-7-10-19(16-20)18-8-3-1-4-9-18/h1,3-4,7-11,16H,2,5-6,12-15,17H2,(H,24,26)(H,25,27)(H,28,29). The quantitative estimate of drug-likeness (QED) is 0.416. The predicted octanol–water partition coefficient (Wildman–Crippen LogP) is 4.18. The van der Waals surface area contributed by atoms with Crippen LogP contribution in [0.4, 0.5) is 5.69 Å². The van der Waals surface area contributed by atoms with Gasteiger partial charge in [0, 0.05) is 30.8 Å². The summed E-state index contributed by atoms with van der Waals surface area (Å²) < 4.78 is 0. The van der Waals surface area contributed by atoms with Gasteiger partial charge in [0.05, 0.1) is 5.75 Å². The number of aliphatic carboxylic acids is 1. The van der Waals surface area contributed by atoms with Crippen molar-refractivity contribution < 1.29 is 19.5 Å². The van der Waals surface area contributed by atoms with E-state index in [0.29, 0.717) is 25.1 Å². The molecule has 0 saturated heterocycles. The Morgan fingerprint density at radius 2 is 1.60 bits per heavy atom. The minimum Gasteiger partial charge on any atom is -0.481 e. The number of hydrogen-bond donors (Lipinski definition) is 3. The lowest BCUT2D eigenvalue weighted by molar-refractivity contribution is -0.134. The molecule has 6 nitrogen and oxygen atoms in total. The van der Waals surface area contributed by atoms with E-state index in [9.17, 15) is 14.4 Å². The summed E-state index contributed by atoms with van der Waals surface area (Å²) >= 11 is 1.24. The topological polar surface area (TPSA) is 95.5 Å². The van der Waals surface area contributed by atoms with Crippen LogP contribution >= 0.6 is 11.8 Å². The number of anilines is 1. The average molecular weight is 429 g/mol. The van der Waals surface area contributed by atoms with Crippen molar-refractivity contribution in [3.8, 4) is 11.1 Å². The van der Waals surface area contributed by atoms with E-state index in [1.54, 1.807) is 0 Å². The summed E-state index contributed by atoms with van der Waals surface area (Å²) in [6.07, 6.45) is 3.18. The molecule has 0 unspecified atom stereocenters. The molecule has 160 valence electrons. The highest BCUT2D eigenvalue weighted by atomic mass is 32.2. The fourth-order valence-corrected chi connectivity index (χ4v) is 3.51. The van der Waals surface area contributed by atoms with E-state index in [2.05, 4.69) is 10.6 Å². The van der Waals surface area contributed by atoms with Gasteiger partial charge in [0.15, 0.2) is 0 Å². The first-order valence-corrected chi connectivity index (χ1v) is 11.2. The lowest BCUT2D eigenvalue weighted by Gasteiger charge is -2.08. The fraction of sp³-hybridized carbons (Fsp3) is 0.348. The summed E-state index contributed by atoms with van der Waals surface area (Å²) in [5, 5.41) is 14.3. The minimum absolute atomic E-state index is 0.0142. The smallest absolute Gasteiger partial charge is 0.313 e. The number of carbonyl (C=O) groups excluding carboxylic acids is 2. The van der Waals surface area contributed by atoms with Crippen LogP contribution in [0.25, 0.3) is 11.1 Å². The van der Waals surface area contributed by atoms with Crippen LogP contribution < -0.4 is 10.6 Å². The van der Waals surface area contributed by atoms with Gasteiger partial charge in [-0.05, 0) is 36.1 Å². The van der Waals surface area contributed by atoms with Crippen LogP contribution in [-0.4, -0.2) is 40.9 Å². The summed E-state index contributed by atoms with van der Waals surface area (Å²) in [4.78, 5) is 34.2. The van der Waals surface area contributed by atoms with Gasteiger partial charge in [-0.3, -0.25) is 14.4 Å². The van der Waals surface area contributed by atoms with Crippen LogP contribution in [-0.2, 0) is 14.4 Å². The first kappa shape index (κ1) is 23.5. The average Bonchev–Trinajstić information content (AvgIpc) is 2.74. The van der Waals surface area contributed by atoms with Gasteiger partial charge >= 0.3 is 5.97 Å². The van der Waals surface area contributed by atoms with Gasteiger partial charge in [-0.25, -0.2) is 0 Å². The molecule has 7 heteroatoms. The van der Waals surface area contributed by atoms with Crippen molar-refractivity contribution in [1.29, 1.82) is 0 Å². The van der Waals surface area contributed by atoms with Gasteiger partial charge < -0.3 is 15.7 Å². The van der Waals surface area contributed by atoms with Crippen molar-refractivity contribution in [1.82, 2.24) is 5.32 Å². The summed E-state index contributed by atoms with van der Waals surface area (Å²) in [7, 11) is 0. The van der Waals surface area contributed by atoms with Gasteiger partial charge in [0.2, 0.25) is 11.8 Å². The fourth-order valence-electron chi connectivity index (χ4n) is 2.86. The molecule has 0 spiro atoms. The van der Waals surface area contributed by atoms with Crippen LogP contribution in [0.1, 0.15) is 32.1 Å². The first-order valence-electron chi connectivity index (χ1n) is 10.1. The van der Waals surface area contributed by atoms with Crippen molar-refractivity contribution in [2.24, 2.45) is 0 Å². The molecule has 0 radical (unpaired) electrons. The largest absolute Gasteiger partial charge is 0.481 e. The third-order valence-corrected chi connectivity index (χ3v) is 5.30. The zero-order chi connectivity index (χ0) is 21.6. The number of carbonyl (C=O) groups is 3. The number of carboxylic acid groups (broad SMARTS) is 1. The van der Waals surface area contributed by atoms with Crippen molar-refractivity contribution in [3.05, 3.63) is 54.6 Å². The minimum atomic E-state index is -0.867. The Balaban J connectivity index is 1.57. The Bertz CT molecular complexity index is 827. The van der Waals surface area contributed by atoms with Crippen molar-refractivity contribution in [2.45, 2.75) is 32.1 Å². The first-order chi connectivity index (χ1) is 14.5. The third kappa shape index (κ3) is 9.60. The number of nitrogens with one attached hydrogen (secondary N) is 2. The van der Waals surface area contributed by atoms with Crippen LogP contribution in [0, 0.1) is 0 Å². The maximum atomic E-state index is 12.2. The number of thioether (sulfide) groups is 1. The monoisotopic (exact) mass is 428 g/mol. The summed E-state index contributed by atoms with van der Waals surface area (Å²) in [5.74, 6) is -0.424. The SMILES string of the molecule is O=C(O)CSCCC(=O)NCCCCCC(=O)Nc1cccc(-c2ccccc2)c1. The molecule has 0 atom stereocenters. The number of rotatable bonds is 13. The van der Waals surface area contributed by atoms with Crippen LogP contribution in [0.15, 0.2) is 54.6 Å². The van der Waals surface area contributed by atoms with Crippen molar-refractivity contribution in [2.75, 3.05) is 23.4 Å². The normalized spacial score (nSPS) is 10.4. The molecule has 3 N–H and O–H groups in total. The van der Waals surface area contributed by atoms with Crippen LogP contribution in [0.5, 0.6) is 0 Å². The molecule has 30 heavy (non-hydrogen) atoms. The number of amides is 2. The molecule has 2 amide bonds. The van der Waals surface area contributed by atoms with Crippen molar-refractivity contribution in [3.63, 3.8) is 0 Å². The van der Waals surface area contributed by atoms with E-state index >= 15 is 0 Å². The zero-order valence-corrected chi connectivity index (χ0v) is 17.7. The second-order valence-corrected chi connectivity index (χ2v) is 7.96. The zero-order valence-electron chi connectivity index (χ0n) is 16.9. The predicted molar refractivity (Wildman–Crippen MR) is 122 cm³/mol. The second kappa shape index (κ2) is 13.4. The molecule has 2 aromatic carbocycles. The molecular formula is C23H28N2O4S. The molecule has 0 fully saturated rings. The molecular weight excluding hydrogens is 400 g/mol. The lowest BCUT2D eigenvalue weighted by Crippen LogP contribution is -2.24. The Labute approximate surface area is 181 Å². The van der Waals surface area contributed by atoms with Gasteiger partial charge in [-0.15, -0.1) is 11.8 Å². The van der Waals surface area contributed by atoms with E-state index in [4.69, 9.17) is 5.11 Å². The molecule has 0 aliphatic carbocycles. The summed E-state index contributed by atoms with van der Waals surface area (Å²) in [5.41, 5.74) is 2.95. The number of hydrogen-bond acceptors (Lipinski definition) is 4. The molecule has 0 aliphatic rings. The van der Waals surface area contributed by atoms with E-state index in [-0.39, 0.29) is 17.6 Å². The van der Waals surface area contributed by atoms with Crippen LogP contribution in [0.3, 0.4) is 0 Å². The van der Waals surface area contributed by atoms with E-state index < -0.39 is 5.97 Å². The molecule has 2 aromatic rings. The molecule has 0 saturated carbocycles. The molecule has 0 heterocycles. The number of unbranched alkanes of at least 4 members (excludes halogenated alkanes) is 2.